The van der Waals surface area contributed by atoms with E-state index in [9.17, 15) is 5.11 Å². The molecule has 89 valence electrons. The average Bonchev–Trinajstić information content (AvgIpc) is 2.26. The summed E-state index contributed by atoms with van der Waals surface area (Å²) in [5.74, 6) is 0. The van der Waals surface area contributed by atoms with E-state index in [0.29, 0.717) is 0 Å². The highest BCUT2D eigenvalue weighted by Crippen LogP contribution is 2.11. The highest BCUT2D eigenvalue weighted by Gasteiger charge is 1.92. The van der Waals surface area contributed by atoms with Crippen molar-refractivity contribution in [3.05, 3.63) is 12.7 Å². The van der Waals surface area contributed by atoms with Gasteiger partial charge in [0.1, 0.15) is 0 Å². The van der Waals surface area contributed by atoms with Crippen LogP contribution in [0.1, 0.15) is 70.6 Å². The molecule has 0 rings (SSSR count). The van der Waals surface area contributed by atoms with Crippen molar-refractivity contribution in [2.75, 3.05) is 6.61 Å². The van der Waals surface area contributed by atoms with Crippen LogP contribution in [0.2, 0.25) is 0 Å². The van der Waals surface area contributed by atoms with Gasteiger partial charge in [-0.1, -0.05) is 57.4 Å². The van der Waals surface area contributed by atoms with Crippen LogP contribution in [-0.4, -0.2) is 6.61 Å². The van der Waals surface area contributed by atoms with Crippen molar-refractivity contribution in [3.8, 4) is 0 Å². The van der Waals surface area contributed by atoms with Crippen LogP contribution < -0.4 is 0 Å². The molecule has 0 bridgehead atoms. The monoisotopic (exact) mass is 211 g/mol. The fraction of sp³-hybridized carbons (Fsp3) is 0.857. The number of hydrogen-bond donors (Lipinski definition) is 0. The minimum atomic E-state index is 0.114. The molecule has 1 radical (unpaired) electrons. The molecule has 1 heteroatoms. The summed E-state index contributed by atoms with van der Waals surface area (Å²) >= 11 is 0. The average molecular weight is 211 g/mol. The molecule has 0 aromatic rings. The van der Waals surface area contributed by atoms with Crippen LogP contribution in [0.5, 0.6) is 0 Å². The highest BCUT2D eigenvalue weighted by atomic mass is 16.2. The van der Waals surface area contributed by atoms with Gasteiger partial charge in [-0.2, -0.15) is 0 Å². The molecule has 0 amide bonds. The summed E-state index contributed by atoms with van der Waals surface area (Å²) in [6.07, 6.45) is 16.0. The predicted octanol–water partition coefficient (Wildman–Crippen LogP) is 4.89. The Morgan fingerprint density at radius 2 is 1.07 bits per heavy atom. The second-order valence-electron chi connectivity index (χ2n) is 4.32. The Hall–Kier alpha value is -0.300. The quantitative estimate of drug-likeness (QED) is 0.323. The molecule has 0 aromatic heterocycles. The maximum Gasteiger partial charge on any atom is 0.0822 e. The summed E-state index contributed by atoms with van der Waals surface area (Å²) in [5.41, 5.74) is 0. The van der Waals surface area contributed by atoms with Gasteiger partial charge >= 0.3 is 0 Å². The van der Waals surface area contributed by atoms with Gasteiger partial charge in [-0.3, -0.25) is 0 Å². The zero-order valence-electron chi connectivity index (χ0n) is 10.2. The molecule has 0 aromatic carbocycles. The molecule has 0 N–H and O–H groups in total. The van der Waals surface area contributed by atoms with Crippen molar-refractivity contribution in [1.29, 1.82) is 0 Å². The van der Waals surface area contributed by atoms with Crippen molar-refractivity contribution >= 4 is 0 Å². The topological polar surface area (TPSA) is 19.9 Å². The van der Waals surface area contributed by atoms with Gasteiger partial charge in [0, 0.05) is 0 Å². The Morgan fingerprint density at radius 3 is 1.47 bits per heavy atom. The maximum absolute atomic E-state index is 10.2. The Bertz CT molecular complexity index is 121. The second-order valence-corrected chi connectivity index (χ2v) is 4.32. The van der Waals surface area contributed by atoms with Crippen LogP contribution >= 0.6 is 0 Å². The van der Waals surface area contributed by atoms with E-state index in [1.165, 1.54) is 57.8 Å². The normalized spacial score (nSPS) is 10.5. The van der Waals surface area contributed by atoms with E-state index in [4.69, 9.17) is 0 Å². The van der Waals surface area contributed by atoms with Crippen LogP contribution in [0.15, 0.2) is 12.7 Å². The summed E-state index contributed by atoms with van der Waals surface area (Å²) in [5, 5.41) is 10.2. The van der Waals surface area contributed by atoms with E-state index < -0.39 is 0 Å². The molecular weight excluding hydrogens is 184 g/mol. The van der Waals surface area contributed by atoms with Crippen LogP contribution in [-0.2, 0) is 5.11 Å². The maximum atomic E-state index is 10.2. The number of allylic oxidation sites excluding steroid dienone is 1. The van der Waals surface area contributed by atoms with Gasteiger partial charge in [-0.05, 0) is 19.3 Å². The summed E-state index contributed by atoms with van der Waals surface area (Å²) in [7, 11) is 0. The fourth-order valence-electron chi connectivity index (χ4n) is 1.80. The molecule has 0 spiro atoms. The minimum Gasteiger partial charge on any atom is -0.237 e. The lowest BCUT2D eigenvalue weighted by Crippen LogP contribution is -1.83. The zero-order valence-corrected chi connectivity index (χ0v) is 10.2. The van der Waals surface area contributed by atoms with E-state index in [-0.39, 0.29) is 6.61 Å². The third kappa shape index (κ3) is 13.7. The van der Waals surface area contributed by atoms with Gasteiger partial charge in [-0.15, -0.1) is 6.58 Å². The van der Waals surface area contributed by atoms with E-state index >= 15 is 0 Å². The van der Waals surface area contributed by atoms with Crippen molar-refractivity contribution < 1.29 is 5.11 Å². The lowest BCUT2D eigenvalue weighted by atomic mass is 10.1. The first-order valence-electron chi connectivity index (χ1n) is 6.61. The molecule has 0 heterocycles. The Balaban J connectivity index is 2.83. The van der Waals surface area contributed by atoms with Gasteiger partial charge in [0.2, 0.25) is 0 Å². The van der Waals surface area contributed by atoms with Crippen molar-refractivity contribution in [2.45, 2.75) is 70.6 Å². The van der Waals surface area contributed by atoms with Gasteiger partial charge in [0.25, 0.3) is 0 Å². The summed E-state index contributed by atoms with van der Waals surface area (Å²) < 4.78 is 0. The van der Waals surface area contributed by atoms with Crippen LogP contribution in [0.25, 0.3) is 0 Å². The Kier molecular flexibility index (Phi) is 13.4. The molecule has 0 aliphatic rings. The molecule has 15 heavy (non-hydrogen) atoms. The SMILES string of the molecule is C=CCCCCCCCCCCCC[O]. The molecule has 0 aliphatic carbocycles. The van der Waals surface area contributed by atoms with Gasteiger partial charge in [-0.25, -0.2) is 5.11 Å². The molecule has 0 unspecified atom stereocenters. The lowest BCUT2D eigenvalue weighted by molar-refractivity contribution is 0.186. The standard InChI is InChI=1S/C14H27O/c1-2-3-4-5-6-7-8-9-10-11-12-13-14-15/h2H,1,3-14H2. The first kappa shape index (κ1) is 14.7. The first-order chi connectivity index (χ1) is 7.41. The largest absolute Gasteiger partial charge is 0.237 e. The third-order valence-electron chi connectivity index (χ3n) is 2.80. The third-order valence-corrected chi connectivity index (χ3v) is 2.80. The number of rotatable bonds is 12. The summed E-state index contributed by atoms with van der Waals surface area (Å²) in [4.78, 5) is 0. The summed E-state index contributed by atoms with van der Waals surface area (Å²) in [6.45, 7) is 3.84. The highest BCUT2D eigenvalue weighted by molar-refractivity contribution is 4.65. The molecule has 0 atom stereocenters. The van der Waals surface area contributed by atoms with Crippen LogP contribution in [0.4, 0.5) is 0 Å². The Labute approximate surface area is 95.6 Å². The minimum absolute atomic E-state index is 0.114. The molecule has 1 nitrogen and oxygen atoms in total. The van der Waals surface area contributed by atoms with E-state index in [0.717, 1.165) is 12.8 Å². The first-order valence-corrected chi connectivity index (χ1v) is 6.61. The second kappa shape index (κ2) is 13.7. The van der Waals surface area contributed by atoms with E-state index in [2.05, 4.69) is 6.58 Å². The predicted molar refractivity (Wildman–Crippen MR) is 66.5 cm³/mol. The zero-order chi connectivity index (χ0) is 11.2. The molecule has 0 saturated carbocycles. The van der Waals surface area contributed by atoms with Crippen LogP contribution in [0, 0.1) is 0 Å². The smallest absolute Gasteiger partial charge is 0.0822 e. The molecular formula is C14H27O. The lowest BCUT2D eigenvalue weighted by Gasteiger charge is -2.01. The van der Waals surface area contributed by atoms with Gasteiger partial charge < -0.3 is 0 Å². The van der Waals surface area contributed by atoms with E-state index in [1.54, 1.807) is 0 Å². The van der Waals surface area contributed by atoms with E-state index in [1.807, 2.05) is 6.08 Å². The number of unbranched alkanes of at least 4 members (excludes halogenated alkanes) is 10. The molecule has 0 aliphatic heterocycles. The number of hydrogen-bond acceptors (Lipinski definition) is 0. The molecule has 0 fully saturated rings. The Morgan fingerprint density at radius 1 is 0.667 bits per heavy atom. The summed E-state index contributed by atoms with van der Waals surface area (Å²) in [6, 6.07) is 0. The van der Waals surface area contributed by atoms with Crippen molar-refractivity contribution in [2.24, 2.45) is 0 Å². The van der Waals surface area contributed by atoms with Gasteiger partial charge in [0.05, 0.1) is 6.61 Å². The van der Waals surface area contributed by atoms with Gasteiger partial charge in [0.15, 0.2) is 0 Å². The van der Waals surface area contributed by atoms with Crippen molar-refractivity contribution in [1.82, 2.24) is 0 Å². The van der Waals surface area contributed by atoms with Crippen molar-refractivity contribution in [3.63, 3.8) is 0 Å². The molecule has 0 saturated heterocycles. The van der Waals surface area contributed by atoms with Crippen LogP contribution in [0.3, 0.4) is 0 Å². The fourth-order valence-corrected chi connectivity index (χ4v) is 1.80.